The van der Waals surface area contributed by atoms with E-state index in [1.807, 2.05) is 42.6 Å². The number of benzene rings is 2. The highest BCUT2D eigenvalue weighted by Gasteiger charge is 2.07. The Morgan fingerprint density at radius 1 is 1.13 bits per heavy atom. The molecule has 0 fully saturated rings. The van der Waals surface area contributed by atoms with E-state index in [-0.39, 0.29) is 11.4 Å². The molecule has 0 radical (unpaired) electrons. The molecule has 0 saturated carbocycles. The molecule has 1 aromatic heterocycles. The summed E-state index contributed by atoms with van der Waals surface area (Å²) >= 11 is 0. The Morgan fingerprint density at radius 2 is 1.83 bits per heavy atom. The van der Waals surface area contributed by atoms with Crippen LogP contribution in [0.1, 0.15) is 21.5 Å². The van der Waals surface area contributed by atoms with Crippen molar-refractivity contribution in [1.82, 2.24) is 4.57 Å². The predicted octanol–water partition coefficient (Wildman–Crippen LogP) is 1.92. The quantitative estimate of drug-likeness (QED) is 0.389. The predicted molar refractivity (Wildman–Crippen MR) is 85.6 cm³/mol. The van der Waals surface area contributed by atoms with Crippen molar-refractivity contribution in [2.75, 3.05) is 0 Å². The van der Waals surface area contributed by atoms with Gasteiger partial charge in [-0.25, -0.2) is 4.79 Å². The van der Waals surface area contributed by atoms with Crippen LogP contribution in [0.3, 0.4) is 0 Å². The van der Waals surface area contributed by atoms with E-state index in [0.29, 0.717) is 12.1 Å². The Labute approximate surface area is 132 Å². The van der Waals surface area contributed by atoms with Crippen LogP contribution < -0.4 is 5.53 Å². The zero-order valence-corrected chi connectivity index (χ0v) is 12.2. The smallest absolute Gasteiger partial charge is 0.335 e. The van der Waals surface area contributed by atoms with Crippen molar-refractivity contribution in [2.24, 2.45) is 5.11 Å². The summed E-state index contributed by atoms with van der Waals surface area (Å²) in [5, 5.41) is 21.0. The minimum absolute atomic E-state index is 0.0453. The molecule has 6 heteroatoms. The van der Waals surface area contributed by atoms with Gasteiger partial charge in [-0.1, -0.05) is 12.1 Å². The number of amidine groups is 1. The molecule has 4 N–H and O–H groups in total. The largest absolute Gasteiger partial charge is 0.478 e. The molecule has 0 aliphatic carbocycles. The number of hydrogen-bond acceptors (Lipinski definition) is 2. The van der Waals surface area contributed by atoms with Crippen LogP contribution in [-0.4, -0.2) is 21.5 Å². The lowest BCUT2D eigenvalue weighted by molar-refractivity contribution is -0.207. The number of carbonyl (C=O) groups is 1. The Morgan fingerprint density at radius 3 is 2.48 bits per heavy atom. The topological polar surface area (TPSA) is 104 Å². The third-order valence-corrected chi connectivity index (χ3v) is 3.73. The second-order valence-corrected chi connectivity index (χ2v) is 5.20. The molecule has 0 aliphatic heterocycles. The molecule has 0 unspecified atom stereocenters. The molecule has 3 aromatic rings. The van der Waals surface area contributed by atoms with E-state index in [2.05, 4.69) is 9.68 Å². The van der Waals surface area contributed by atoms with Gasteiger partial charge < -0.3 is 9.67 Å². The molecule has 23 heavy (non-hydrogen) atoms. The maximum Gasteiger partial charge on any atom is 0.335 e. The first-order chi connectivity index (χ1) is 11.1. The van der Waals surface area contributed by atoms with Gasteiger partial charge in [0.15, 0.2) is 0 Å². The van der Waals surface area contributed by atoms with E-state index in [1.54, 1.807) is 12.1 Å². The van der Waals surface area contributed by atoms with Crippen LogP contribution in [0.25, 0.3) is 10.9 Å². The van der Waals surface area contributed by atoms with Crippen LogP contribution in [-0.2, 0) is 6.54 Å². The van der Waals surface area contributed by atoms with Crippen LogP contribution in [0.2, 0.25) is 0 Å². The fraction of sp³-hybridized carbons (Fsp3) is 0.0588. The van der Waals surface area contributed by atoms with Crippen LogP contribution in [0.15, 0.2) is 59.8 Å². The average Bonchev–Trinajstić information content (AvgIpc) is 2.96. The fourth-order valence-corrected chi connectivity index (χ4v) is 2.51. The molecule has 0 bridgehead atoms. The number of nitrogens with two attached hydrogens (primary N) is 1. The molecule has 0 amide bonds. The van der Waals surface area contributed by atoms with Gasteiger partial charge in [-0.05, 0) is 42.0 Å². The standard InChI is InChI=1S/C17H14N4O2/c18-16(20-19)14-5-6-15-13(9-14)7-8-21(15)10-11-1-3-12(4-2-11)17(22)23/h1-9,18-19H,10H2,(H,22,23)/p+1. The van der Waals surface area contributed by atoms with Crippen LogP contribution in [0, 0.1) is 5.41 Å². The lowest BCUT2D eigenvalue weighted by Gasteiger charge is -2.06. The number of nitrogens with one attached hydrogen (secondary N) is 1. The van der Waals surface area contributed by atoms with Crippen LogP contribution in [0.5, 0.6) is 0 Å². The summed E-state index contributed by atoms with van der Waals surface area (Å²) in [6.45, 7) is 0.640. The van der Waals surface area contributed by atoms with Crippen molar-refractivity contribution in [3.05, 3.63) is 71.4 Å². The molecule has 0 atom stereocenters. The number of aromatic carboxylic acids is 1. The SMILES string of the molecule is N=C(N=[NH2+])c1ccc2c(ccn2Cc2ccc(C(=O)O)cc2)c1. The van der Waals surface area contributed by atoms with E-state index in [4.69, 9.17) is 16.0 Å². The van der Waals surface area contributed by atoms with Gasteiger partial charge >= 0.3 is 5.97 Å². The third-order valence-electron chi connectivity index (χ3n) is 3.73. The summed E-state index contributed by atoms with van der Waals surface area (Å²) < 4.78 is 2.07. The third kappa shape index (κ3) is 2.87. The summed E-state index contributed by atoms with van der Waals surface area (Å²) in [6.07, 6.45) is 1.96. The molecule has 6 nitrogen and oxygen atoms in total. The monoisotopic (exact) mass is 307 g/mol. The summed E-state index contributed by atoms with van der Waals surface area (Å²) in [7, 11) is 0. The van der Waals surface area contributed by atoms with Crippen molar-refractivity contribution in [2.45, 2.75) is 6.54 Å². The van der Waals surface area contributed by atoms with Crippen molar-refractivity contribution < 1.29 is 15.4 Å². The maximum absolute atomic E-state index is 10.9. The molecule has 0 aliphatic rings. The van der Waals surface area contributed by atoms with Gasteiger partial charge in [-0.2, -0.15) is 5.53 Å². The highest BCUT2D eigenvalue weighted by molar-refractivity contribution is 5.99. The van der Waals surface area contributed by atoms with Gasteiger partial charge in [0.05, 0.1) is 5.56 Å². The zero-order chi connectivity index (χ0) is 16.4. The van der Waals surface area contributed by atoms with Crippen molar-refractivity contribution in [3.63, 3.8) is 0 Å². The summed E-state index contributed by atoms with van der Waals surface area (Å²) in [5.41, 5.74) is 8.13. The first kappa shape index (κ1) is 14.6. The van der Waals surface area contributed by atoms with Crippen LogP contribution >= 0.6 is 0 Å². The second-order valence-electron chi connectivity index (χ2n) is 5.20. The molecule has 0 spiro atoms. The minimum Gasteiger partial charge on any atom is -0.478 e. The number of carboxylic acid groups (broad SMARTS) is 1. The number of fused-ring (bicyclic) bond motifs is 1. The van der Waals surface area contributed by atoms with Gasteiger partial charge in [0.1, 0.15) is 0 Å². The highest BCUT2D eigenvalue weighted by atomic mass is 16.4. The molecule has 1 heterocycles. The molecule has 2 aromatic carbocycles. The number of aromatic nitrogens is 1. The van der Waals surface area contributed by atoms with E-state index in [0.717, 1.165) is 16.5 Å². The Hall–Kier alpha value is -3.28. The van der Waals surface area contributed by atoms with Gasteiger partial charge in [-0.15, -0.1) is 0 Å². The van der Waals surface area contributed by atoms with Crippen LogP contribution in [0.4, 0.5) is 0 Å². The second kappa shape index (κ2) is 5.84. The summed E-state index contributed by atoms with van der Waals surface area (Å²) in [4.78, 5) is 10.9. The van der Waals surface area contributed by atoms with Gasteiger partial charge in [0.25, 0.3) is 0 Å². The normalized spacial score (nSPS) is 10.6. The fourth-order valence-electron chi connectivity index (χ4n) is 2.51. The van der Waals surface area contributed by atoms with E-state index < -0.39 is 5.97 Å². The Bertz CT molecular complexity index is 910. The zero-order valence-electron chi connectivity index (χ0n) is 12.2. The van der Waals surface area contributed by atoms with Crippen molar-refractivity contribution in [3.8, 4) is 0 Å². The molecular weight excluding hydrogens is 292 g/mol. The van der Waals surface area contributed by atoms with Crippen molar-refractivity contribution in [1.29, 1.82) is 5.41 Å². The molecular formula is C17H15N4O2+. The van der Waals surface area contributed by atoms with Gasteiger partial charge in [0.2, 0.25) is 5.84 Å². The minimum atomic E-state index is -0.928. The summed E-state index contributed by atoms with van der Waals surface area (Å²) in [5.74, 6) is -0.882. The lowest BCUT2D eigenvalue weighted by atomic mass is 10.1. The van der Waals surface area contributed by atoms with Gasteiger partial charge in [-0.3, -0.25) is 5.41 Å². The van der Waals surface area contributed by atoms with E-state index in [1.165, 1.54) is 0 Å². The van der Waals surface area contributed by atoms with E-state index in [9.17, 15) is 4.79 Å². The molecule has 114 valence electrons. The number of nitrogens with zero attached hydrogens (tertiary/aromatic N) is 2. The van der Waals surface area contributed by atoms with Crippen molar-refractivity contribution >= 4 is 22.7 Å². The van der Waals surface area contributed by atoms with Gasteiger partial charge in [0, 0.05) is 34.3 Å². The Kier molecular flexibility index (Phi) is 3.72. The molecule has 3 rings (SSSR count). The number of rotatable bonds is 4. The number of hydrogen-bond donors (Lipinski definition) is 3. The lowest BCUT2D eigenvalue weighted by Crippen LogP contribution is -2.26. The molecule has 0 saturated heterocycles. The maximum atomic E-state index is 10.9. The average molecular weight is 307 g/mol. The first-order valence-corrected chi connectivity index (χ1v) is 6.99. The highest BCUT2D eigenvalue weighted by Crippen LogP contribution is 2.19. The first-order valence-electron chi connectivity index (χ1n) is 6.99. The summed E-state index contributed by atoms with van der Waals surface area (Å²) in [6, 6.07) is 14.4. The van der Waals surface area contributed by atoms with E-state index >= 15 is 0 Å². The Balaban J connectivity index is 1.90. The number of carboxylic acids is 1.